The van der Waals surface area contributed by atoms with E-state index in [0.29, 0.717) is 12.3 Å². The molecule has 1 aromatic heterocycles. The summed E-state index contributed by atoms with van der Waals surface area (Å²) in [5.41, 5.74) is 0.933. The van der Waals surface area contributed by atoms with Crippen LogP contribution < -0.4 is 5.32 Å². The molecule has 1 unspecified atom stereocenters. The fourth-order valence-corrected chi connectivity index (χ4v) is 2.40. The second-order valence-corrected chi connectivity index (χ2v) is 5.23. The lowest BCUT2D eigenvalue weighted by Gasteiger charge is -2.13. The fourth-order valence-electron chi connectivity index (χ4n) is 1.73. The first-order valence-corrected chi connectivity index (χ1v) is 6.62. The summed E-state index contributed by atoms with van der Waals surface area (Å²) in [6.07, 6.45) is 3.00. The third kappa shape index (κ3) is 3.85. The van der Waals surface area contributed by atoms with Crippen molar-refractivity contribution in [3.05, 3.63) is 22.4 Å². The summed E-state index contributed by atoms with van der Waals surface area (Å²) in [4.78, 5) is 22.6. The van der Waals surface area contributed by atoms with Crippen molar-refractivity contribution in [2.45, 2.75) is 31.7 Å². The van der Waals surface area contributed by atoms with Gasteiger partial charge in [-0.25, -0.2) is 4.79 Å². The number of rotatable bonds is 6. The normalized spacial score (nSPS) is 16.5. The minimum absolute atomic E-state index is 0.212. The van der Waals surface area contributed by atoms with Crippen molar-refractivity contribution in [1.82, 2.24) is 5.32 Å². The number of nitrogens with one attached hydrogen (secondary N) is 1. The molecule has 1 fully saturated rings. The van der Waals surface area contributed by atoms with Gasteiger partial charge in [-0.1, -0.05) is 12.8 Å². The van der Waals surface area contributed by atoms with Crippen LogP contribution in [0.1, 0.15) is 24.8 Å². The molecular formula is C12H15NO3S. The van der Waals surface area contributed by atoms with Gasteiger partial charge < -0.3 is 10.4 Å². The summed E-state index contributed by atoms with van der Waals surface area (Å²) in [5, 5.41) is 15.4. The van der Waals surface area contributed by atoms with Crippen molar-refractivity contribution < 1.29 is 14.7 Å². The van der Waals surface area contributed by atoms with Crippen LogP contribution in [0.3, 0.4) is 0 Å². The second-order valence-electron chi connectivity index (χ2n) is 4.45. The monoisotopic (exact) mass is 253 g/mol. The summed E-state index contributed by atoms with van der Waals surface area (Å²) in [6, 6.07) is 1.15. The molecule has 1 saturated carbocycles. The van der Waals surface area contributed by atoms with Gasteiger partial charge in [0.1, 0.15) is 6.04 Å². The summed E-state index contributed by atoms with van der Waals surface area (Å²) < 4.78 is 0. The van der Waals surface area contributed by atoms with Gasteiger partial charge >= 0.3 is 5.97 Å². The lowest BCUT2D eigenvalue weighted by atomic mass is 10.1. The number of thiophene rings is 1. The number of hydrogen-bond donors (Lipinski definition) is 2. The van der Waals surface area contributed by atoms with Crippen LogP contribution in [0.25, 0.3) is 0 Å². The Morgan fingerprint density at radius 3 is 2.82 bits per heavy atom. The van der Waals surface area contributed by atoms with Crippen molar-refractivity contribution in [3.63, 3.8) is 0 Å². The van der Waals surface area contributed by atoms with E-state index < -0.39 is 12.0 Å². The number of carbonyl (C=O) groups is 2. The molecule has 0 spiro atoms. The van der Waals surface area contributed by atoms with Crippen LogP contribution in [0, 0.1) is 5.92 Å². The van der Waals surface area contributed by atoms with Gasteiger partial charge in [-0.15, -0.1) is 0 Å². The Morgan fingerprint density at radius 1 is 1.53 bits per heavy atom. The van der Waals surface area contributed by atoms with E-state index >= 15 is 0 Å². The van der Waals surface area contributed by atoms with Crippen molar-refractivity contribution in [3.8, 4) is 0 Å². The Bertz CT molecular complexity index is 398. The van der Waals surface area contributed by atoms with E-state index in [2.05, 4.69) is 5.32 Å². The Kier molecular flexibility index (Phi) is 3.78. The third-order valence-electron chi connectivity index (χ3n) is 2.84. The molecule has 1 aliphatic carbocycles. The molecule has 0 saturated heterocycles. The summed E-state index contributed by atoms with van der Waals surface area (Å²) in [5.74, 6) is -0.662. The molecular weight excluding hydrogens is 238 g/mol. The lowest BCUT2D eigenvalue weighted by Crippen LogP contribution is -2.41. The number of aliphatic carboxylic acids is 1. The fraction of sp³-hybridized carbons (Fsp3) is 0.500. The maximum absolute atomic E-state index is 11.7. The van der Waals surface area contributed by atoms with Crippen molar-refractivity contribution in [1.29, 1.82) is 0 Å². The molecule has 1 amide bonds. The number of amides is 1. The van der Waals surface area contributed by atoms with Gasteiger partial charge in [-0.05, 0) is 34.7 Å². The van der Waals surface area contributed by atoms with Crippen LogP contribution in [0.2, 0.25) is 0 Å². The van der Waals surface area contributed by atoms with E-state index in [1.54, 1.807) is 0 Å². The quantitative estimate of drug-likeness (QED) is 0.810. The number of carboxylic acid groups (broad SMARTS) is 1. The van der Waals surface area contributed by atoms with Gasteiger partial charge in [0.05, 0.1) is 6.42 Å². The minimum Gasteiger partial charge on any atom is -0.480 e. The minimum atomic E-state index is -0.935. The molecule has 0 aromatic carbocycles. The van der Waals surface area contributed by atoms with Crippen molar-refractivity contribution in [2.75, 3.05) is 0 Å². The zero-order valence-corrected chi connectivity index (χ0v) is 10.2. The zero-order chi connectivity index (χ0) is 12.3. The van der Waals surface area contributed by atoms with Gasteiger partial charge in [0.2, 0.25) is 5.91 Å². The highest BCUT2D eigenvalue weighted by molar-refractivity contribution is 7.07. The smallest absolute Gasteiger partial charge is 0.326 e. The summed E-state index contributed by atoms with van der Waals surface area (Å²) in [7, 11) is 0. The highest BCUT2D eigenvalue weighted by Crippen LogP contribution is 2.33. The molecule has 5 heteroatoms. The van der Waals surface area contributed by atoms with E-state index in [1.807, 2.05) is 16.8 Å². The Labute approximate surface area is 104 Å². The maximum Gasteiger partial charge on any atom is 0.326 e. The van der Waals surface area contributed by atoms with Crippen LogP contribution in [0.15, 0.2) is 16.8 Å². The molecule has 0 aliphatic heterocycles. The Morgan fingerprint density at radius 2 is 2.29 bits per heavy atom. The van der Waals surface area contributed by atoms with Crippen LogP contribution in [-0.4, -0.2) is 23.0 Å². The van der Waals surface area contributed by atoms with E-state index in [0.717, 1.165) is 18.4 Å². The van der Waals surface area contributed by atoms with Gasteiger partial charge in [0.15, 0.2) is 0 Å². The zero-order valence-electron chi connectivity index (χ0n) is 9.39. The molecule has 0 radical (unpaired) electrons. The van der Waals surface area contributed by atoms with Gasteiger partial charge in [-0.2, -0.15) is 11.3 Å². The largest absolute Gasteiger partial charge is 0.480 e. The molecule has 1 atom stereocenters. The van der Waals surface area contributed by atoms with E-state index in [4.69, 9.17) is 5.11 Å². The average molecular weight is 253 g/mol. The van der Waals surface area contributed by atoms with E-state index in [1.165, 1.54) is 11.3 Å². The first-order valence-electron chi connectivity index (χ1n) is 5.68. The highest BCUT2D eigenvalue weighted by Gasteiger charge is 2.30. The van der Waals surface area contributed by atoms with Crippen LogP contribution >= 0.6 is 11.3 Å². The number of carbonyl (C=O) groups excluding carboxylic acids is 1. The molecule has 0 bridgehead atoms. The SMILES string of the molecule is O=C(Cc1ccsc1)NC(CC1CC1)C(=O)O. The molecule has 1 heterocycles. The summed E-state index contributed by atoms with van der Waals surface area (Å²) >= 11 is 1.53. The molecule has 92 valence electrons. The molecule has 17 heavy (non-hydrogen) atoms. The number of carboxylic acids is 1. The topological polar surface area (TPSA) is 66.4 Å². The maximum atomic E-state index is 11.7. The standard InChI is InChI=1S/C12H15NO3S/c14-11(6-9-3-4-17-7-9)13-10(12(15)16)5-8-1-2-8/h3-4,7-8,10H,1-2,5-6H2,(H,13,14)(H,15,16). The lowest BCUT2D eigenvalue weighted by molar-refractivity contribution is -0.142. The van der Waals surface area contributed by atoms with Crippen molar-refractivity contribution in [2.24, 2.45) is 5.92 Å². The predicted molar refractivity (Wildman–Crippen MR) is 64.9 cm³/mol. The van der Waals surface area contributed by atoms with Crippen LogP contribution in [0.5, 0.6) is 0 Å². The molecule has 2 rings (SSSR count). The second kappa shape index (κ2) is 5.31. The Hall–Kier alpha value is -1.36. The molecule has 1 aliphatic rings. The van der Waals surface area contributed by atoms with Gasteiger partial charge in [0.25, 0.3) is 0 Å². The van der Waals surface area contributed by atoms with Crippen LogP contribution in [-0.2, 0) is 16.0 Å². The first kappa shape index (κ1) is 12.1. The van der Waals surface area contributed by atoms with Crippen LogP contribution in [0.4, 0.5) is 0 Å². The highest BCUT2D eigenvalue weighted by atomic mass is 32.1. The summed E-state index contributed by atoms with van der Waals surface area (Å²) in [6.45, 7) is 0. The van der Waals surface area contributed by atoms with E-state index in [9.17, 15) is 9.59 Å². The van der Waals surface area contributed by atoms with Gasteiger partial charge in [0, 0.05) is 0 Å². The number of hydrogen-bond acceptors (Lipinski definition) is 3. The van der Waals surface area contributed by atoms with E-state index in [-0.39, 0.29) is 12.3 Å². The Balaban J connectivity index is 1.83. The predicted octanol–water partition coefficient (Wildman–Crippen LogP) is 1.66. The van der Waals surface area contributed by atoms with Crippen molar-refractivity contribution >= 4 is 23.2 Å². The molecule has 2 N–H and O–H groups in total. The molecule has 1 aromatic rings. The van der Waals surface area contributed by atoms with Gasteiger partial charge in [-0.3, -0.25) is 4.79 Å². The third-order valence-corrected chi connectivity index (χ3v) is 3.58. The first-order chi connectivity index (χ1) is 8.15. The molecule has 4 nitrogen and oxygen atoms in total. The average Bonchev–Trinajstić information content (AvgIpc) is 2.93.